The van der Waals surface area contributed by atoms with Crippen molar-refractivity contribution in [3.05, 3.63) is 86.6 Å². The van der Waals surface area contributed by atoms with E-state index >= 15 is 0 Å². The molecular weight excluding hydrogens is 430 g/mol. The Labute approximate surface area is 199 Å². The first-order valence-electron chi connectivity index (χ1n) is 11.1. The molecule has 5 nitrogen and oxygen atoms in total. The van der Waals surface area contributed by atoms with Crippen LogP contribution in [0.3, 0.4) is 0 Å². The third kappa shape index (κ3) is 4.74. The van der Waals surface area contributed by atoms with Crippen molar-refractivity contribution in [1.29, 1.82) is 5.26 Å². The van der Waals surface area contributed by atoms with Gasteiger partial charge >= 0.3 is 0 Å². The van der Waals surface area contributed by atoms with Crippen molar-refractivity contribution in [3.8, 4) is 6.07 Å². The maximum absolute atomic E-state index is 12.9. The summed E-state index contributed by atoms with van der Waals surface area (Å²) in [5, 5.41) is 17.1. The van der Waals surface area contributed by atoms with Crippen LogP contribution < -0.4 is 10.6 Å². The number of dihydropyridines is 1. The van der Waals surface area contributed by atoms with Crippen LogP contribution in [0.1, 0.15) is 47.4 Å². The highest BCUT2D eigenvalue weighted by Crippen LogP contribution is 2.44. The molecule has 1 aliphatic heterocycles. The number of nitriles is 1. The fourth-order valence-corrected chi connectivity index (χ4v) is 5.40. The number of hydrogen-bond donors (Lipinski definition) is 2. The molecule has 4 rings (SSSR count). The van der Waals surface area contributed by atoms with Gasteiger partial charge < -0.3 is 10.6 Å². The topological polar surface area (TPSA) is 82.0 Å². The van der Waals surface area contributed by atoms with Gasteiger partial charge in [-0.1, -0.05) is 53.7 Å². The Balaban J connectivity index is 1.62. The first-order valence-corrected chi connectivity index (χ1v) is 12.1. The quantitative estimate of drug-likeness (QED) is 0.627. The van der Waals surface area contributed by atoms with Gasteiger partial charge in [0.25, 0.3) is 0 Å². The van der Waals surface area contributed by atoms with Gasteiger partial charge in [0.05, 0.1) is 28.3 Å². The Morgan fingerprint density at radius 2 is 1.94 bits per heavy atom. The zero-order valence-corrected chi connectivity index (χ0v) is 19.9. The molecule has 1 amide bonds. The molecule has 1 aliphatic carbocycles. The van der Waals surface area contributed by atoms with Crippen LogP contribution in [-0.2, 0) is 9.59 Å². The van der Waals surface area contributed by atoms with E-state index in [4.69, 9.17) is 0 Å². The number of anilines is 1. The summed E-state index contributed by atoms with van der Waals surface area (Å²) in [7, 11) is 0. The minimum Gasteiger partial charge on any atom is -0.352 e. The molecule has 0 radical (unpaired) electrons. The number of ketones is 1. The summed E-state index contributed by atoms with van der Waals surface area (Å²) in [4.78, 5) is 25.6. The van der Waals surface area contributed by atoms with Crippen LogP contribution in [-0.4, -0.2) is 17.4 Å². The third-order valence-corrected chi connectivity index (χ3v) is 7.18. The van der Waals surface area contributed by atoms with Gasteiger partial charge in [-0.25, -0.2) is 0 Å². The average Bonchev–Trinajstić information content (AvgIpc) is 2.79. The summed E-state index contributed by atoms with van der Waals surface area (Å²) in [5.41, 5.74) is 7.04. The lowest BCUT2D eigenvalue weighted by Gasteiger charge is -2.33. The Morgan fingerprint density at radius 3 is 2.67 bits per heavy atom. The Morgan fingerprint density at radius 1 is 1.15 bits per heavy atom. The monoisotopic (exact) mass is 457 g/mol. The molecule has 0 bridgehead atoms. The molecule has 0 unspecified atom stereocenters. The standard InChI is InChI=1S/C27H27N3O2S/c1-16-11-12-21(18(3)13-16)29-24(32)15-33-27-20(14-28)25(19-8-5-4-7-17(19)2)26-22(30-27)9-6-10-23(26)31/h4-5,7-8,11-13,25,30H,6,9-10,15H2,1-3H3,(H,29,32)/t25-/m0/s1. The minimum atomic E-state index is -0.398. The van der Waals surface area contributed by atoms with Crippen molar-refractivity contribution in [2.45, 2.75) is 46.0 Å². The van der Waals surface area contributed by atoms with Gasteiger partial charge in [0, 0.05) is 23.4 Å². The number of carbonyl (C=O) groups excluding carboxylic acids is 2. The van der Waals surface area contributed by atoms with E-state index in [-0.39, 0.29) is 17.4 Å². The van der Waals surface area contributed by atoms with Crippen LogP contribution in [0, 0.1) is 32.1 Å². The Kier molecular flexibility index (Phi) is 6.71. The molecule has 6 heteroatoms. The van der Waals surface area contributed by atoms with Crippen LogP contribution >= 0.6 is 11.8 Å². The lowest BCUT2D eigenvalue weighted by atomic mass is 9.76. The molecule has 2 aliphatic rings. The average molecular weight is 458 g/mol. The number of aryl methyl sites for hydroxylation is 3. The molecule has 0 saturated carbocycles. The number of nitrogens with zero attached hydrogens (tertiary/aromatic N) is 1. The lowest BCUT2D eigenvalue weighted by Crippen LogP contribution is -2.32. The number of nitrogens with one attached hydrogen (secondary N) is 2. The summed E-state index contributed by atoms with van der Waals surface area (Å²) in [6, 6.07) is 16.2. The van der Waals surface area contributed by atoms with Crippen molar-refractivity contribution in [3.63, 3.8) is 0 Å². The van der Waals surface area contributed by atoms with E-state index < -0.39 is 5.92 Å². The maximum atomic E-state index is 12.9. The van der Waals surface area contributed by atoms with Crippen LogP contribution in [0.4, 0.5) is 5.69 Å². The van der Waals surface area contributed by atoms with E-state index in [1.54, 1.807) is 0 Å². The SMILES string of the molecule is Cc1ccc(NC(=O)CSC2=C(C#N)[C@H](c3ccccc3C)C3=C(CCCC3=O)N2)c(C)c1. The van der Waals surface area contributed by atoms with Gasteiger partial charge in [0.2, 0.25) is 5.91 Å². The van der Waals surface area contributed by atoms with E-state index in [9.17, 15) is 14.9 Å². The van der Waals surface area contributed by atoms with Gasteiger partial charge in [-0.05, 0) is 56.4 Å². The van der Waals surface area contributed by atoms with Crippen LogP contribution in [0.25, 0.3) is 0 Å². The Hall–Kier alpha value is -3.30. The third-order valence-electron chi connectivity index (χ3n) is 6.17. The second-order valence-electron chi connectivity index (χ2n) is 8.59. The normalized spacial score (nSPS) is 17.9. The highest BCUT2D eigenvalue weighted by atomic mass is 32.2. The van der Waals surface area contributed by atoms with Gasteiger partial charge in [-0.2, -0.15) is 5.26 Å². The number of benzene rings is 2. The summed E-state index contributed by atoms with van der Waals surface area (Å²) < 4.78 is 0. The number of Topliss-reactive ketones (excluding diaryl/α,β-unsaturated/α-hetero) is 1. The first kappa shape index (κ1) is 22.9. The summed E-state index contributed by atoms with van der Waals surface area (Å²) >= 11 is 1.32. The van der Waals surface area contributed by atoms with Crippen molar-refractivity contribution in [1.82, 2.24) is 5.32 Å². The van der Waals surface area contributed by atoms with Crippen molar-refractivity contribution in [2.24, 2.45) is 0 Å². The zero-order valence-electron chi connectivity index (χ0n) is 19.1. The van der Waals surface area contributed by atoms with Gasteiger partial charge in [0.1, 0.15) is 0 Å². The smallest absolute Gasteiger partial charge is 0.234 e. The van der Waals surface area contributed by atoms with E-state index in [0.29, 0.717) is 22.6 Å². The van der Waals surface area contributed by atoms with E-state index in [2.05, 4.69) is 16.7 Å². The number of rotatable bonds is 5. The summed E-state index contributed by atoms with van der Waals surface area (Å²) in [6.45, 7) is 5.99. The fraction of sp³-hybridized carbons (Fsp3) is 0.296. The first-order chi connectivity index (χ1) is 15.9. The van der Waals surface area contributed by atoms with Gasteiger partial charge in [0.15, 0.2) is 5.78 Å². The molecule has 2 N–H and O–H groups in total. The van der Waals surface area contributed by atoms with Crippen LogP contribution in [0.2, 0.25) is 0 Å². The second-order valence-corrected chi connectivity index (χ2v) is 9.58. The van der Waals surface area contributed by atoms with Crippen molar-refractivity contribution < 1.29 is 9.59 Å². The maximum Gasteiger partial charge on any atom is 0.234 e. The molecule has 1 heterocycles. The predicted octanol–water partition coefficient (Wildman–Crippen LogP) is 5.41. The predicted molar refractivity (Wildman–Crippen MR) is 133 cm³/mol. The van der Waals surface area contributed by atoms with Crippen molar-refractivity contribution in [2.75, 3.05) is 11.1 Å². The molecule has 1 atom stereocenters. The molecule has 0 spiro atoms. The summed E-state index contributed by atoms with van der Waals surface area (Å²) in [6.07, 6.45) is 2.06. The number of thioether (sulfide) groups is 1. The highest BCUT2D eigenvalue weighted by Gasteiger charge is 2.37. The van der Waals surface area contributed by atoms with Gasteiger partial charge in [-0.3, -0.25) is 9.59 Å². The molecular formula is C27H27N3O2S. The Bertz CT molecular complexity index is 1240. The van der Waals surface area contributed by atoms with Gasteiger partial charge in [-0.15, -0.1) is 0 Å². The number of hydrogen-bond acceptors (Lipinski definition) is 5. The largest absolute Gasteiger partial charge is 0.352 e. The number of carbonyl (C=O) groups is 2. The summed E-state index contributed by atoms with van der Waals surface area (Å²) in [5.74, 6) is -0.269. The molecule has 0 aromatic heterocycles. The molecule has 2 aromatic rings. The molecule has 2 aromatic carbocycles. The highest BCUT2D eigenvalue weighted by molar-refractivity contribution is 8.03. The molecule has 0 saturated heterocycles. The molecule has 0 fully saturated rings. The zero-order chi connectivity index (χ0) is 23.5. The van der Waals surface area contributed by atoms with Crippen LogP contribution in [0.15, 0.2) is 64.3 Å². The van der Waals surface area contributed by atoms with E-state index in [1.165, 1.54) is 11.8 Å². The second kappa shape index (κ2) is 9.68. The van der Waals surface area contributed by atoms with E-state index in [1.807, 2.05) is 63.2 Å². The molecule has 33 heavy (non-hydrogen) atoms. The number of allylic oxidation sites excluding steroid dienone is 3. The van der Waals surface area contributed by atoms with Crippen molar-refractivity contribution >= 4 is 29.1 Å². The number of amides is 1. The fourth-order valence-electron chi connectivity index (χ4n) is 4.54. The minimum absolute atomic E-state index is 0.0985. The van der Waals surface area contributed by atoms with E-state index in [0.717, 1.165) is 46.5 Å². The molecule has 168 valence electrons. The lowest BCUT2D eigenvalue weighted by molar-refractivity contribution is -0.116. The van der Waals surface area contributed by atoms with Crippen LogP contribution in [0.5, 0.6) is 0 Å².